The smallest absolute Gasteiger partial charge is 0.234 e. The number of rotatable bonds is 5. The Morgan fingerprint density at radius 2 is 2.13 bits per heavy atom. The first kappa shape index (κ1) is 10.9. The van der Waals surface area contributed by atoms with Crippen LogP contribution < -0.4 is 16.0 Å². The van der Waals surface area contributed by atoms with Gasteiger partial charge in [-0.15, -0.1) is 0 Å². The number of hydrogen-bond donors (Lipinski definition) is 3. The van der Waals surface area contributed by atoms with E-state index >= 15 is 0 Å². The van der Waals surface area contributed by atoms with Crippen molar-refractivity contribution in [1.29, 1.82) is 0 Å². The number of nitrogens with one attached hydrogen (secondary N) is 3. The minimum absolute atomic E-state index is 0.147. The van der Waals surface area contributed by atoms with E-state index in [9.17, 15) is 4.79 Å². The molecule has 1 saturated carbocycles. The summed E-state index contributed by atoms with van der Waals surface area (Å²) in [6.45, 7) is 2.51. The van der Waals surface area contributed by atoms with Crippen LogP contribution in [0.1, 0.15) is 32.1 Å². The van der Waals surface area contributed by atoms with Gasteiger partial charge in [-0.05, 0) is 32.2 Å². The number of piperidine rings is 1. The Bertz CT molecular complexity index is 210. The summed E-state index contributed by atoms with van der Waals surface area (Å²) in [5, 5.41) is 9.63. The first-order valence-electron chi connectivity index (χ1n) is 6.08. The van der Waals surface area contributed by atoms with Crippen LogP contribution in [0.2, 0.25) is 0 Å². The largest absolute Gasteiger partial charge is 0.352 e. The Balaban J connectivity index is 1.51. The Hall–Kier alpha value is -0.610. The predicted molar refractivity (Wildman–Crippen MR) is 59.7 cm³/mol. The summed E-state index contributed by atoms with van der Waals surface area (Å²) >= 11 is 0. The van der Waals surface area contributed by atoms with Crippen LogP contribution in [0.15, 0.2) is 0 Å². The van der Waals surface area contributed by atoms with Gasteiger partial charge in [-0.2, -0.15) is 0 Å². The lowest BCUT2D eigenvalue weighted by molar-refractivity contribution is -0.120. The molecule has 1 unspecified atom stereocenters. The van der Waals surface area contributed by atoms with Crippen LogP contribution in [0.5, 0.6) is 0 Å². The summed E-state index contributed by atoms with van der Waals surface area (Å²) < 4.78 is 0. The fourth-order valence-electron chi connectivity index (χ4n) is 1.96. The van der Waals surface area contributed by atoms with Crippen LogP contribution >= 0.6 is 0 Å². The summed E-state index contributed by atoms with van der Waals surface area (Å²) in [7, 11) is 0. The molecule has 1 heterocycles. The third-order valence-corrected chi connectivity index (χ3v) is 3.03. The average molecular weight is 211 g/mol. The van der Waals surface area contributed by atoms with E-state index in [0.717, 1.165) is 25.9 Å². The van der Waals surface area contributed by atoms with E-state index in [1.165, 1.54) is 19.3 Å². The van der Waals surface area contributed by atoms with Gasteiger partial charge in [0.25, 0.3) is 0 Å². The van der Waals surface area contributed by atoms with Crippen molar-refractivity contribution in [2.24, 2.45) is 0 Å². The maximum Gasteiger partial charge on any atom is 0.234 e. The molecule has 2 aliphatic rings. The minimum Gasteiger partial charge on any atom is -0.352 e. The number of carbonyl (C=O) groups excluding carboxylic acids is 1. The molecule has 0 radical (unpaired) electrons. The van der Waals surface area contributed by atoms with Crippen molar-refractivity contribution < 1.29 is 4.79 Å². The maximum absolute atomic E-state index is 11.3. The minimum atomic E-state index is 0.147. The number of hydrogen-bond acceptors (Lipinski definition) is 3. The lowest BCUT2D eigenvalue weighted by Crippen LogP contribution is -2.44. The van der Waals surface area contributed by atoms with Gasteiger partial charge < -0.3 is 16.0 Å². The second kappa shape index (κ2) is 5.47. The Kier molecular flexibility index (Phi) is 3.97. The molecule has 15 heavy (non-hydrogen) atoms. The molecule has 1 aliphatic heterocycles. The SMILES string of the molecule is O=C(CNCC1CCCCN1)NC1CC1. The molecule has 86 valence electrons. The lowest BCUT2D eigenvalue weighted by atomic mass is 10.1. The highest BCUT2D eigenvalue weighted by atomic mass is 16.2. The molecule has 0 aromatic heterocycles. The summed E-state index contributed by atoms with van der Waals surface area (Å²) in [6, 6.07) is 1.04. The van der Waals surface area contributed by atoms with Crippen molar-refractivity contribution in [2.75, 3.05) is 19.6 Å². The summed E-state index contributed by atoms with van der Waals surface area (Å²) in [5.41, 5.74) is 0. The molecule has 2 rings (SSSR count). The molecule has 1 aliphatic carbocycles. The highest BCUT2D eigenvalue weighted by Crippen LogP contribution is 2.18. The van der Waals surface area contributed by atoms with E-state index in [1.807, 2.05) is 0 Å². The van der Waals surface area contributed by atoms with Crippen LogP contribution in [-0.4, -0.2) is 37.6 Å². The molecule has 1 amide bonds. The molecule has 1 atom stereocenters. The van der Waals surface area contributed by atoms with Crippen molar-refractivity contribution in [1.82, 2.24) is 16.0 Å². The van der Waals surface area contributed by atoms with Crippen LogP contribution in [0, 0.1) is 0 Å². The topological polar surface area (TPSA) is 53.2 Å². The van der Waals surface area contributed by atoms with E-state index in [4.69, 9.17) is 0 Å². The van der Waals surface area contributed by atoms with Gasteiger partial charge in [0.1, 0.15) is 0 Å². The molecular weight excluding hydrogens is 190 g/mol. The van der Waals surface area contributed by atoms with Gasteiger partial charge in [0.05, 0.1) is 6.54 Å². The standard InChI is InChI=1S/C11H21N3O/c15-11(14-9-4-5-9)8-12-7-10-3-1-2-6-13-10/h9-10,12-13H,1-8H2,(H,14,15). The van der Waals surface area contributed by atoms with Gasteiger partial charge in [0.2, 0.25) is 5.91 Å². The maximum atomic E-state index is 11.3. The van der Waals surface area contributed by atoms with E-state index in [1.54, 1.807) is 0 Å². The normalized spacial score (nSPS) is 26.3. The summed E-state index contributed by atoms with van der Waals surface area (Å²) in [5.74, 6) is 0.147. The van der Waals surface area contributed by atoms with Crippen LogP contribution in [0.3, 0.4) is 0 Å². The Morgan fingerprint density at radius 1 is 1.27 bits per heavy atom. The molecule has 0 aromatic rings. The second-order valence-electron chi connectivity index (χ2n) is 4.62. The van der Waals surface area contributed by atoms with Crippen LogP contribution in [-0.2, 0) is 4.79 Å². The molecule has 3 N–H and O–H groups in total. The molecule has 4 nitrogen and oxygen atoms in total. The van der Waals surface area contributed by atoms with Crippen LogP contribution in [0.4, 0.5) is 0 Å². The monoisotopic (exact) mass is 211 g/mol. The number of amides is 1. The van der Waals surface area contributed by atoms with Gasteiger partial charge in [0.15, 0.2) is 0 Å². The van der Waals surface area contributed by atoms with Gasteiger partial charge in [-0.3, -0.25) is 4.79 Å². The fourth-order valence-corrected chi connectivity index (χ4v) is 1.96. The molecule has 0 spiro atoms. The zero-order chi connectivity index (χ0) is 10.5. The van der Waals surface area contributed by atoms with Gasteiger partial charge in [0, 0.05) is 18.6 Å². The van der Waals surface area contributed by atoms with Gasteiger partial charge in [-0.25, -0.2) is 0 Å². The van der Waals surface area contributed by atoms with Crippen LogP contribution in [0.25, 0.3) is 0 Å². The fraction of sp³-hybridized carbons (Fsp3) is 0.909. The van der Waals surface area contributed by atoms with E-state index < -0.39 is 0 Å². The van der Waals surface area contributed by atoms with E-state index in [-0.39, 0.29) is 5.91 Å². The summed E-state index contributed by atoms with van der Waals surface area (Å²) in [6.07, 6.45) is 6.16. The molecular formula is C11H21N3O. The lowest BCUT2D eigenvalue weighted by Gasteiger charge is -2.23. The molecule has 0 aromatic carbocycles. The quantitative estimate of drug-likeness (QED) is 0.600. The molecule has 0 bridgehead atoms. The predicted octanol–water partition coefficient (Wildman–Crippen LogP) is -0.00330. The highest BCUT2D eigenvalue weighted by molar-refractivity contribution is 5.78. The first-order chi connectivity index (χ1) is 7.34. The molecule has 1 saturated heterocycles. The van der Waals surface area contributed by atoms with Gasteiger partial charge >= 0.3 is 0 Å². The average Bonchev–Trinajstić information content (AvgIpc) is 3.03. The van der Waals surface area contributed by atoms with Crippen molar-refractivity contribution in [3.8, 4) is 0 Å². The third-order valence-electron chi connectivity index (χ3n) is 3.03. The second-order valence-corrected chi connectivity index (χ2v) is 4.62. The third kappa shape index (κ3) is 4.18. The first-order valence-corrected chi connectivity index (χ1v) is 6.08. The number of carbonyl (C=O) groups is 1. The van der Waals surface area contributed by atoms with Gasteiger partial charge in [-0.1, -0.05) is 6.42 Å². The summed E-state index contributed by atoms with van der Waals surface area (Å²) in [4.78, 5) is 11.3. The molecule has 2 fully saturated rings. The van der Waals surface area contributed by atoms with Crippen molar-refractivity contribution in [3.63, 3.8) is 0 Å². The van der Waals surface area contributed by atoms with E-state index in [2.05, 4.69) is 16.0 Å². The van der Waals surface area contributed by atoms with Crippen molar-refractivity contribution >= 4 is 5.91 Å². The highest BCUT2D eigenvalue weighted by Gasteiger charge is 2.22. The Labute approximate surface area is 91.2 Å². The van der Waals surface area contributed by atoms with Crippen molar-refractivity contribution in [2.45, 2.75) is 44.2 Å². The van der Waals surface area contributed by atoms with Crippen molar-refractivity contribution in [3.05, 3.63) is 0 Å². The Morgan fingerprint density at radius 3 is 2.80 bits per heavy atom. The zero-order valence-electron chi connectivity index (χ0n) is 9.22. The van der Waals surface area contributed by atoms with E-state index in [0.29, 0.717) is 18.6 Å². The molecule has 4 heteroatoms. The zero-order valence-corrected chi connectivity index (χ0v) is 9.22.